The average Bonchev–Trinajstić information content (AvgIpc) is 2.87. The Balaban J connectivity index is 1.54. The molecule has 0 atom stereocenters. The summed E-state index contributed by atoms with van der Waals surface area (Å²) < 4.78 is 27.1. The van der Waals surface area contributed by atoms with E-state index >= 15 is 0 Å². The van der Waals surface area contributed by atoms with Crippen molar-refractivity contribution in [2.75, 3.05) is 16.3 Å². The van der Waals surface area contributed by atoms with E-state index in [2.05, 4.69) is 15.4 Å². The Morgan fingerprint density at radius 2 is 1.52 bits per heavy atom. The van der Waals surface area contributed by atoms with Crippen molar-refractivity contribution in [3.8, 4) is 0 Å². The van der Waals surface area contributed by atoms with Gasteiger partial charge in [-0.15, -0.1) is 0 Å². The van der Waals surface area contributed by atoms with E-state index < -0.39 is 27.4 Å². The Bertz CT molecular complexity index is 1390. The number of carbonyl (C=O) groups excluding carboxylic acids is 2. The third kappa shape index (κ3) is 7.74. The summed E-state index contributed by atoms with van der Waals surface area (Å²) in [6.07, 6.45) is 12.9. The van der Waals surface area contributed by atoms with Gasteiger partial charge in [-0.2, -0.15) is 0 Å². The lowest BCUT2D eigenvalue weighted by atomic mass is 9.88. The van der Waals surface area contributed by atoms with E-state index in [-0.39, 0.29) is 11.1 Å². The van der Waals surface area contributed by atoms with E-state index in [9.17, 15) is 22.8 Å². The quantitative estimate of drug-likeness (QED) is 0.427. The molecule has 9 nitrogen and oxygen atoms in total. The van der Waals surface area contributed by atoms with Gasteiger partial charge in [-0.25, -0.2) is 8.42 Å². The topological polar surface area (TPSA) is 126 Å². The minimum Gasteiger partial charge on any atom is -0.338 e. The summed E-state index contributed by atoms with van der Waals surface area (Å²) in [5.74, 6) is -0.570. The molecule has 10 heteroatoms. The molecule has 0 saturated heterocycles. The first-order chi connectivity index (χ1) is 18.9. The summed E-state index contributed by atoms with van der Waals surface area (Å²) in [5.41, 5.74) is 1.48. The molecule has 2 aliphatic carbocycles. The first kappa shape index (κ1) is 29.8. The van der Waals surface area contributed by atoms with E-state index in [4.69, 9.17) is 0 Å². The molecular weight excluding hydrogens is 528 g/mol. The predicted molar refractivity (Wildman–Crippen MR) is 158 cm³/mol. The van der Waals surface area contributed by atoms with E-state index in [0.29, 0.717) is 23.8 Å². The third-order valence-electron chi connectivity index (χ3n) is 7.95. The van der Waals surface area contributed by atoms with Crippen molar-refractivity contribution >= 4 is 33.2 Å². The molecule has 1 aromatic carbocycles. The number of nitrogens with zero attached hydrogens (tertiary/aromatic N) is 1. The number of benzene rings is 1. The highest BCUT2D eigenvalue weighted by molar-refractivity contribution is 7.92. The molecule has 40 heavy (non-hydrogen) atoms. The summed E-state index contributed by atoms with van der Waals surface area (Å²) in [4.78, 5) is 40.4. The summed E-state index contributed by atoms with van der Waals surface area (Å²) in [5, 5.41) is 5.55. The van der Waals surface area contributed by atoms with Gasteiger partial charge in [0, 0.05) is 23.6 Å². The lowest BCUT2D eigenvalue weighted by Crippen LogP contribution is -2.53. The molecule has 0 bridgehead atoms. The summed E-state index contributed by atoms with van der Waals surface area (Å²) in [7, 11) is -3.41. The lowest BCUT2D eigenvalue weighted by Gasteiger charge is -2.28. The van der Waals surface area contributed by atoms with Crippen LogP contribution in [0, 0.1) is 5.92 Å². The Kier molecular flexibility index (Phi) is 9.38. The van der Waals surface area contributed by atoms with Crippen molar-refractivity contribution in [1.82, 2.24) is 9.88 Å². The molecule has 1 saturated carbocycles. The smallest absolute Gasteiger partial charge is 0.263 e. The number of aromatic nitrogens is 1. The Morgan fingerprint density at radius 3 is 2.17 bits per heavy atom. The number of anilines is 2. The third-order valence-corrected chi connectivity index (χ3v) is 8.56. The van der Waals surface area contributed by atoms with Crippen molar-refractivity contribution in [1.29, 1.82) is 0 Å². The fourth-order valence-corrected chi connectivity index (χ4v) is 6.31. The van der Waals surface area contributed by atoms with Crippen LogP contribution in [0.3, 0.4) is 0 Å². The zero-order valence-electron chi connectivity index (χ0n) is 23.8. The number of amides is 2. The van der Waals surface area contributed by atoms with E-state index in [0.717, 1.165) is 68.9 Å². The second-order valence-corrected chi connectivity index (χ2v) is 13.6. The number of carbonyl (C=O) groups is 2. The van der Waals surface area contributed by atoms with Crippen LogP contribution < -0.4 is 20.9 Å². The van der Waals surface area contributed by atoms with E-state index in [1.54, 1.807) is 32.0 Å². The maximum absolute atomic E-state index is 13.8. The molecule has 1 aromatic heterocycles. The number of aryl methyl sites for hydroxylation is 1. The molecule has 2 aromatic rings. The van der Waals surface area contributed by atoms with Crippen LogP contribution in [0.1, 0.15) is 93.3 Å². The van der Waals surface area contributed by atoms with Crippen LogP contribution in [0.25, 0.3) is 0 Å². The van der Waals surface area contributed by atoms with Gasteiger partial charge in [-0.05, 0) is 94.2 Å². The Morgan fingerprint density at radius 1 is 0.925 bits per heavy atom. The van der Waals surface area contributed by atoms with Crippen molar-refractivity contribution < 1.29 is 18.0 Å². The van der Waals surface area contributed by atoms with Gasteiger partial charge in [-0.3, -0.25) is 19.1 Å². The number of pyridine rings is 1. The second kappa shape index (κ2) is 12.6. The summed E-state index contributed by atoms with van der Waals surface area (Å²) in [6.45, 7) is 3.83. The fourth-order valence-electron chi connectivity index (χ4n) is 5.75. The van der Waals surface area contributed by atoms with Crippen LogP contribution in [0.4, 0.5) is 11.4 Å². The summed E-state index contributed by atoms with van der Waals surface area (Å²) in [6, 6.07) is 7.98. The number of hydrogen-bond acceptors (Lipinski definition) is 5. The predicted octanol–water partition coefficient (Wildman–Crippen LogP) is 4.61. The standard InChI is InChI=1S/C30H42N4O5S/c1-30(2,29(37)31-23-15-17-24(18-16-23)33-40(3,38)39)32-27(35)25-19-22-13-9-4-5-10-14-26(22)34(28(25)36)20-21-11-7-6-8-12-21/h15-19,21,33H,4-14,20H2,1-3H3,(H,31,37)(H,32,35). The lowest BCUT2D eigenvalue weighted by molar-refractivity contribution is -0.120. The van der Waals surface area contributed by atoms with Crippen molar-refractivity contribution in [2.45, 2.75) is 96.6 Å². The largest absolute Gasteiger partial charge is 0.338 e. The molecule has 4 rings (SSSR count). The van der Waals surface area contributed by atoms with Crippen molar-refractivity contribution in [2.24, 2.45) is 5.92 Å². The Hall–Kier alpha value is -3.14. The molecule has 0 spiro atoms. The van der Waals surface area contributed by atoms with Crippen LogP contribution in [0.15, 0.2) is 35.1 Å². The van der Waals surface area contributed by atoms with Gasteiger partial charge >= 0.3 is 0 Å². The molecular formula is C30H42N4O5S. The molecule has 1 fully saturated rings. The van der Waals surface area contributed by atoms with Crippen LogP contribution >= 0.6 is 0 Å². The summed E-state index contributed by atoms with van der Waals surface area (Å²) >= 11 is 0. The molecule has 218 valence electrons. The fraction of sp³-hybridized carbons (Fsp3) is 0.567. The van der Waals surface area contributed by atoms with Gasteiger partial charge in [0.15, 0.2) is 0 Å². The number of nitrogens with one attached hydrogen (secondary N) is 3. The van der Waals surface area contributed by atoms with Gasteiger partial charge in [0.1, 0.15) is 11.1 Å². The second-order valence-electron chi connectivity index (χ2n) is 11.8. The van der Waals surface area contributed by atoms with Gasteiger partial charge in [0.05, 0.1) is 6.26 Å². The number of hydrogen-bond donors (Lipinski definition) is 3. The van der Waals surface area contributed by atoms with E-state index in [1.807, 2.05) is 4.57 Å². The molecule has 0 radical (unpaired) electrons. The minimum atomic E-state index is -3.41. The van der Waals surface area contributed by atoms with Gasteiger partial charge in [-0.1, -0.05) is 32.1 Å². The highest BCUT2D eigenvalue weighted by Crippen LogP contribution is 2.27. The van der Waals surface area contributed by atoms with Crippen molar-refractivity contribution in [3.63, 3.8) is 0 Å². The zero-order valence-corrected chi connectivity index (χ0v) is 24.7. The molecule has 2 amide bonds. The molecule has 3 N–H and O–H groups in total. The van der Waals surface area contributed by atoms with Gasteiger partial charge < -0.3 is 15.2 Å². The number of fused-ring (bicyclic) bond motifs is 1. The monoisotopic (exact) mass is 570 g/mol. The molecule has 0 unspecified atom stereocenters. The van der Waals surface area contributed by atoms with Gasteiger partial charge in [0.25, 0.3) is 11.5 Å². The average molecular weight is 571 g/mol. The van der Waals surface area contributed by atoms with Crippen LogP contribution in [0.5, 0.6) is 0 Å². The highest BCUT2D eigenvalue weighted by atomic mass is 32.2. The first-order valence-electron chi connectivity index (χ1n) is 14.4. The van der Waals surface area contributed by atoms with Crippen LogP contribution in [0.2, 0.25) is 0 Å². The minimum absolute atomic E-state index is 0.0900. The first-order valence-corrected chi connectivity index (χ1v) is 16.3. The Labute approximate surface area is 237 Å². The maximum Gasteiger partial charge on any atom is 0.263 e. The number of sulfonamides is 1. The molecule has 1 heterocycles. The van der Waals surface area contributed by atoms with Gasteiger partial charge in [0.2, 0.25) is 15.9 Å². The number of rotatable bonds is 8. The van der Waals surface area contributed by atoms with E-state index in [1.165, 1.54) is 31.4 Å². The normalized spacial score (nSPS) is 16.8. The molecule has 2 aliphatic rings. The highest BCUT2D eigenvalue weighted by Gasteiger charge is 2.32. The zero-order chi connectivity index (χ0) is 28.9. The van der Waals surface area contributed by atoms with Crippen LogP contribution in [-0.2, 0) is 34.2 Å². The van der Waals surface area contributed by atoms with Crippen molar-refractivity contribution in [3.05, 3.63) is 57.5 Å². The molecule has 0 aliphatic heterocycles. The van der Waals surface area contributed by atoms with Crippen LogP contribution in [-0.4, -0.2) is 36.6 Å². The maximum atomic E-state index is 13.8. The SMILES string of the molecule is CC(C)(NC(=O)c1cc2c(n(CC3CCCCC3)c1=O)CCCCCC2)C(=O)Nc1ccc(NS(C)(=O)=O)cc1.